The van der Waals surface area contributed by atoms with Gasteiger partial charge in [0.25, 0.3) is 0 Å². The molecule has 0 bridgehead atoms. The number of carboxylic acids is 2. The summed E-state index contributed by atoms with van der Waals surface area (Å²) in [5, 5.41) is 17.6. The Morgan fingerprint density at radius 3 is 2.15 bits per heavy atom. The van der Waals surface area contributed by atoms with Crippen LogP contribution in [0.2, 0.25) is 0 Å². The third kappa shape index (κ3) is 6.91. The number of hydrogen-bond donors (Lipinski definition) is 2. The quantitative estimate of drug-likeness (QED) is 0.634. The lowest BCUT2D eigenvalue weighted by Gasteiger charge is -2.15. The molecule has 1 unspecified atom stereocenters. The molecular weight excluding hydrogens is 332 g/mol. The van der Waals surface area contributed by atoms with Gasteiger partial charge in [0.05, 0.1) is 25.6 Å². The van der Waals surface area contributed by atoms with Crippen molar-refractivity contribution >= 4 is 11.9 Å². The third-order valence-electron chi connectivity index (χ3n) is 3.81. The highest BCUT2D eigenvalue weighted by Gasteiger charge is 2.14. The summed E-state index contributed by atoms with van der Waals surface area (Å²) in [4.78, 5) is 21.5. The predicted octanol–water partition coefficient (Wildman–Crippen LogP) is 3.79. The van der Waals surface area contributed by atoms with Gasteiger partial charge < -0.3 is 14.9 Å². The summed E-state index contributed by atoms with van der Waals surface area (Å²) in [5.74, 6) is -1.84. The van der Waals surface area contributed by atoms with Gasteiger partial charge in [-0.1, -0.05) is 66.7 Å². The van der Waals surface area contributed by atoms with E-state index in [2.05, 4.69) is 0 Å². The van der Waals surface area contributed by atoms with Crippen molar-refractivity contribution in [1.82, 2.24) is 0 Å². The largest absolute Gasteiger partial charge is 0.481 e. The van der Waals surface area contributed by atoms with Crippen LogP contribution in [0.4, 0.5) is 0 Å². The van der Waals surface area contributed by atoms with Crippen molar-refractivity contribution in [2.45, 2.75) is 25.4 Å². The van der Waals surface area contributed by atoms with Gasteiger partial charge in [0.15, 0.2) is 0 Å². The summed E-state index contributed by atoms with van der Waals surface area (Å²) in [5.41, 5.74) is 3.22. The van der Waals surface area contributed by atoms with E-state index in [1.54, 1.807) is 6.08 Å². The van der Waals surface area contributed by atoms with Crippen molar-refractivity contribution in [1.29, 1.82) is 0 Å². The number of hydrogen-bond acceptors (Lipinski definition) is 3. The van der Waals surface area contributed by atoms with Crippen molar-refractivity contribution in [3.63, 3.8) is 0 Å². The van der Waals surface area contributed by atoms with E-state index in [0.29, 0.717) is 6.42 Å². The van der Waals surface area contributed by atoms with E-state index < -0.39 is 18.0 Å². The van der Waals surface area contributed by atoms with Gasteiger partial charge in [-0.15, -0.1) is 0 Å². The monoisotopic (exact) mass is 354 g/mol. The molecule has 2 aromatic rings. The van der Waals surface area contributed by atoms with Crippen LogP contribution in [0.5, 0.6) is 0 Å². The molecule has 0 aliphatic rings. The lowest BCUT2D eigenvalue weighted by atomic mass is 10.0. The number of benzene rings is 2. The van der Waals surface area contributed by atoms with E-state index >= 15 is 0 Å². The first-order valence-corrected chi connectivity index (χ1v) is 8.39. The number of ether oxygens (including phenoxy) is 1. The Labute approximate surface area is 152 Å². The molecule has 2 rings (SSSR count). The predicted molar refractivity (Wildman–Crippen MR) is 99.0 cm³/mol. The smallest absolute Gasteiger partial charge is 0.307 e. The molecule has 136 valence electrons. The van der Waals surface area contributed by atoms with Crippen LogP contribution in [-0.2, 0) is 20.7 Å². The zero-order valence-corrected chi connectivity index (χ0v) is 14.4. The molecule has 0 saturated heterocycles. The van der Waals surface area contributed by atoms with Crippen molar-refractivity contribution in [3.8, 4) is 11.1 Å². The lowest BCUT2D eigenvalue weighted by Crippen LogP contribution is -2.20. The fourth-order valence-electron chi connectivity index (χ4n) is 2.56. The lowest BCUT2D eigenvalue weighted by molar-refractivity contribution is -0.140. The number of carboxylic acid groups (broad SMARTS) is 2. The summed E-state index contributed by atoms with van der Waals surface area (Å²) in [6.45, 7) is 0.188. The molecule has 0 fully saturated rings. The first-order valence-electron chi connectivity index (χ1n) is 8.39. The van der Waals surface area contributed by atoms with Crippen molar-refractivity contribution < 1.29 is 24.5 Å². The van der Waals surface area contributed by atoms with E-state index in [1.165, 1.54) is 6.08 Å². The Kier molecular flexibility index (Phi) is 7.58. The van der Waals surface area contributed by atoms with Crippen LogP contribution in [0.25, 0.3) is 11.1 Å². The number of rotatable bonds is 10. The number of aliphatic carboxylic acids is 2. The summed E-state index contributed by atoms with van der Waals surface area (Å²) in [7, 11) is 0. The van der Waals surface area contributed by atoms with Crippen LogP contribution in [0, 0.1) is 0 Å². The molecule has 2 N–H and O–H groups in total. The van der Waals surface area contributed by atoms with Crippen LogP contribution in [0.1, 0.15) is 18.4 Å². The molecule has 5 heteroatoms. The van der Waals surface area contributed by atoms with Gasteiger partial charge in [-0.25, -0.2) is 0 Å². The maximum absolute atomic E-state index is 11.0. The van der Waals surface area contributed by atoms with E-state index in [4.69, 9.17) is 14.9 Å². The van der Waals surface area contributed by atoms with Crippen LogP contribution >= 0.6 is 0 Å². The fraction of sp³-hybridized carbons (Fsp3) is 0.238. The SMILES string of the molecule is O=C(O)CC=CCOC(CC(=O)O)Cc1ccc(-c2ccccc2)cc1. The molecule has 26 heavy (non-hydrogen) atoms. The molecule has 2 aromatic carbocycles. The first kappa shape index (κ1) is 19.4. The maximum atomic E-state index is 11.0. The third-order valence-corrected chi connectivity index (χ3v) is 3.81. The zero-order valence-electron chi connectivity index (χ0n) is 14.4. The summed E-state index contributed by atoms with van der Waals surface area (Å²) < 4.78 is 5.59. The standard InChI is InChI=1S/C21H22O5/c22-20(23)8-4-5-13-26-19(15-21(24)25)14-16-9-11-18(12-10-16)17-6-2-1-3-7-17/h1-7,9-12,19H,8,13-15H2,(H,22,23)(H,24,25). The highest BCUT2D eigenvalue weighted by Crippen LogP contribution is 2.20. The molecular formula is C21H22O5. The Hall–Kier alpha value is -2.92. The Balaban J connectivity index is 1.95. The van der Waals surface area contributed by atoms with Crippen LogP contribution in [0.15, 0.2) is 66.7 Å². The minimum Gasteiger partial charge on any atom is -0.481 e. The minimum absolute atomic E-state index is 0.0755. The highest BCUT2D eigenvalue weighted by molar-refractivity contribution is 5.68. The van der Waals surface area contributed by atoms with Crippen LogP contribution < -0.4 is 0 Å². The minimum atomic E-state index is -0.926. The summed E-state index contributed by atoms with van der Waals surface area (Å²) in [6.07, 6.45) is 2.93. The van der Waals surface area contributed by atoms with Gasteiger partial charge in [0.1, 0.15) is 0 Å². The second-order valence-corrected chi connectivity index (χ2v) is 5.89. The molecule has 0 saturated carbocycles. The van der Waals surface area contributed by atoms with Gasteiger partial charge in [0.2, 0.25) is 0 Å². The maximum Gasteiger partial charge on any atom is 0.307 e. The molecule has 0 aliphatic heterocycles. The molecule has 1 atom stereocenters. The highest BCUT2D eigenvalue weighted by atomic mass is 16.5. The Morgan fingerprint density at radius 1 is 0.885 bits per heavy atom. The molecule has 0 aromatic heterocycles. The van der Waals surface area contributed by atoms with Crippen LogP contribution in [0.3, 0.4) is 0 Å². The van der Waals surface area contributed by atoms with Gasteiger partial charge in [-0.05, 0) is 23.1 Å². The second kappa shape index (κ2) is 10.2. The van der Waals surface area contributed by atoms with Gasteiger partial charge in [0, 0.05) is 0 Å². The molecule has 0 amide bonds. The van der Waals surface area contributed by atoms with Crippen molar-refractivity contribution in [2.24, 2.45) is 0 Å². The van der Waals surface area contributed by atoms with E-state index in [9.17, 15) is 9.59 Å². The zero-order chi connectivity index (χ0) is 18.8. The first-order chi connectivity index (χ1) is 12.5. The van der Waals surface area contributed by atoms with E-state index in [-0.39, 0.29) is 19.4 Å². The Morgan fingerprint density at radius 2 is 1.54 bits per heavy atom. The molecule has 5 nitrogen and oxygen atoms in total. The summed E-state index contributed by atoms with van der Waals surface area (Å²) in [6, 6.07) is 18.0. The van der Waals surface area contributed by atoms with Crippen molar-refractivity contribution in [2.75, 3.05) is 6.61 Å². The van der Waals surface area contributed by atoms with Crippen molar-refractivity contribution in [3.05, 3.63) is 72.3 Å². The molecule has 0 aliphatic carbocycles. The van der Waals surface area contributed by atoms with E-state index in [0.717, 1.165) is 16.7 Å². The number of carbonyl (C=O) groups is 2. The van der Waals surface area contributed by atoms with Gasteiger partial charge in [-0.3, -0.25) is 9.59 Å². The van der Waals surface area contributed by atoms with Gasteiger partial charge >= 0.3 is 11.9 Å². The second-order valence-electron chi connectivity index (χ2n) is 5.89. The molecule has 0 spiro atoms. The molecule has 0 heterocycles. The van der Waals surface area contributed by atoms with Crippen LogP contribution in [-0.4, -0.2) is 34.9 Å². The topological polar surface area (TPSA) is 83.8 Å². The average molecular weight is 354 g/mol. The van der Waals surface area contributed by atoms with Gasteiger partial charge in [-0.2, -0.15) is 0 Å². The average Bonchev–Trinajstić information content (AvgIpc) is 2.62. The normalized spacial score (nSPS) is 12.2. The molecule has 0 radical (unpaired) electrons. The Bertz CT molecular complexity index is 735. The fourth-order valence-corrected chi connectivity index (χ4v) is 2.56. The summed E-state index contributed by atoms with van der Waals surface area (Å²) >= 11 is 0. The van der Waals surface area contributed by atoms with E-state index in [1.807, 2.05) is 54.6 Å².